The molecule has 106 valence electrons. The highest BCUT2D eigenvalue weighted by Crippen LogP contribution is 2.25. The number of methoxy groups -OCH3 is 1. The topological polar surface area (TPSA) is 41.6 Å². The Morgan fingerprint density at radius 3 is 2.39 bits per heavy atom. The van der Waals surface area contributed by atoms with E-state index in [0.29, 0.717) is 18.1 Å². The number of hydrogen-bond acceptors (Lipinski definition) is 3. The number of nitrogens with one attached hydrogen (secondary N) is 1. The van der Waals surface area contributed by atoms with Gasteiger partial charge < -0.3 is 15.0 Å². The summed E-state index contributed by atoms with van der Waals surface area (Å²) in [4.78, 5) is 14.2. The molecular weight excluding hydrogens is 252 g/mol. The molecule has 0 aromatic heterocycles. The first-order valence-electron chi connectivity index (χ1n) is 6.72. The summed E-state index contributed by atoms with van der Waals surface area (Å²) in [6.45, 7) is 1.84. The molecule has 0 aromatic rings. The van der Waals surface area contributed by atoms with Crippen molar-refractivity contribution in [3.05, 3.63) is 0 Å². The largest absolute Gasteiger partial charge is 0.381 e. The van der Waals surface area contributed by atoms with E-state index < -0.39 is 0 Å². The maximum Gasteiger partial charge on any atom is 0.227 e. The first-order chi connectivity index (χ1) is 8.22. The van der Waals surface area contributed by atoms with Crippen LogP contribution in [0.1, 0.15) is 32.1 Å². The predicted molar refractivity (Wildman–Crippen MR) is 74.0 cm³/mol. The highest BCUT2D eigenvalue weighted by Gasteiger charge is 2.31. The lowest BCUT2D eigenvalue weighted by Crippen LogP contribution is -2.43. The Labute approximate surface area is 116 Å². The Balaban J connectivity index is 0.00000162. The fourth-order valence-corrected chi connectivity index (χ4v) is 3.00. The summed E-state index contributed by atoms with van der Waals surface area (Å²) >= 11 is 0. The molecule has 2 aliphatic rings. The van der Waals surface area contributed by atoms with Crippen LogP contribution in [0, 0.1) is 5.92 Å². The maximum absolute atomic E-state index is 12.3. The van der Waals surface area contributed by atoms with Gasteiger partial charge in [-0.25, -0.2) is 0 Å². The van der Waals surface area contributed by atoms with Gasteiger partial charge in [-0.2, -0.15) is 0 Å². The van der Waals surface area contributed by atoms with Crippen molar-refractivity contribution in [1.29, 1.82) is 0 Å². The lowest BCUT2D eigenvalue weighted by molar-refractivity contribution is -0.136. The molecule has 4 nitrogen and oxygen atoms in total. The third-order valence-corrected chi connectivity index (χ3v) is 4.28. The summed E-state index contributed by atoms with van der Waals surface area (Å²) in [6, 6.07) is 0.425. The van der Waals surface area contributed by atoms with E-state index in [2.05, 4.69) is 5.32 Å². The van der Waals surface area contributed by atoms with Crippen LogP contribution in [0.5, 0.6) is 0 Å². The molecule has 2 rings (SSSR count). The molecule has 1 unspecified atom stereocenters. The highest BCUT2D eigenvalue weighted by molar-refractivity contribution is 5.85. The Hall–Kier alpha value is -0.320. The molecule has 0 radical (unpaired) electrons. The van der Waals surface area contributed by atoms with Crippen molar-refractivity contribution in [2.24, 2.45) is 5.92 Å². The summed E-state index contributed by atoms with van der Waals surface area (Å²) in [6.07, 6.45) is 5.74. The molecule has 1 atom stereocenters. The van der Waals surface area contributed by atoms with E-state index in [1.807, 2.05) is 11.9 Å². The number of nitrogens with zero attached hydrogens (tertiary/aromatic N) is 1. The first kappa shape index (κ1) is 15.7. The zero-order chi connectivity index (χ0) is 12.3. The van der Waals surface area contributed by atoms with E-state index in [1.54, 1.807) is 7.11 Å². The molecule has 1 aliphatic carbocycles. The van der Waals surface area contributed by atoms with Gasteiger partial charge in [0.15, 0.2) is 0 Å². The number of carbonyl (C=O) groups is 1. The van der Waals surface area contributed by atoms with Crippen molar-refractivity contribution in [2.75, 3.05) is 27.2 Å². The van der Waals surface area contributed by atoms with Gasteiger partial charge in [-0.15, -0.1) is 12.4 Å². The molecule has 5 heteroatoms. The van der Waals surface area contributed by atoms with Crippen molar-refractivity contribution >= 4 is 18.3 Å². The monoisotopic (exact) mass is 276 g/mol. The fourth-order valence-electron chi connectivity index (χ4n) is 3.00. The number of hydrogen-bond donors (Lipinski definition) is 1. The van der Waals surface area contributed by atoms with Crippen LogP contribution in [0.2, 0.25) is 0 Å². The molecule has 0 bridgehead atoms. The van der Waals surface area contributed by atoms with E-state index in [-0.39, 0.29) is 18.3 Å². The van der Waals surface area contributed by atoms with Crippen molar-refractivity contribution in [3.63, 3.8) is 0 Å². The van der Waals surface area contributed by atoms with Crippen molar-refractivity contribution in [3.8, 4) is 0 Å². The lowest BCUT2D eigenvalue weighted by Gasteiger charge is -2.35. The summed E-state index contributed by atoms with van der Waals surface area (Å²) in [5.74, 6) is 0.538. The lowest BCUT2D eigenvalue weighted by atomic mass is 9.91. The molecule has 2 fully saturated rings. The highest BCUT2D eigenvalue weighted by atomic mass is 35.5. The van der Waals surface area contributed by atoms with Crippen LogP contribution in [0.4, 0.5) is 0 Å². The van der Waals surface area contributed by atoms with Gasteiger partial charge in [-0.3, -0.25) is 4.79 Å². The van der Waals surface area contributed by atoms with Crippen LogP contribution >= 0.6 is 12.4 Å². The Morgan fingerprint density at radius 2 is 1.89 bits per heavy atom. The number of rotatable bonds is 3. The summed E-state index contributed by atoms with van der Waals surface area (Å²) in [5.41, 5.74) is 0. The standard InChI is InChI=1S/C13H24N2O2.ClH/c1-15(13(16)10-7-8-14-9-10)11-3-5-12(17-2)6-4-11;/h10-12,14H,3-9H2,1-2H3;1H. The van der Waals surface area contributed by atoms with Gasteiger partial charge >= 0.3 is 0 Å². The number of carbonyl (C=O) groups excluding carboxylic acids is 1. The molecule has 18 heavy (non-hydrogen) atoms. The van der Waals surface area contributed by atoms with Crippen molar-refractivity contribution in [1.82, 2.24) is 10.2 Å². The van der Waals surface area contributed by atoms with Gasteiger partial charge in [0.05, 0.1) is 12.0 Å². The average molecular weight is 277 g/mol. The molecule has 1 saturated carbocycles. The zero-order valence-electron chi connectivity index (χ0n) is 11.4. The van der Waals surface area contributed by atoms with Gasteiger partial charge in [-0.05, 0) is 38.6 Å². The second-order valence-electron chi connectivity index (χ2n) is 5.31. The van der Waals surface area contributed by atoms with E-state index in [4.69, 9.17) is 4.74 Å². The smallest absolute Gasteiger partial charge is 0.227 e. The van der Waals surface area contributed by atoms with Gasteiger partial charge in [0, 0.05) is 26.7 Å². The predicted octanol–water partition coefficient (Wildman–Crippen LogP) is 1.43. The van der Waals surface area contributed by atoms with E-state index in [9.17, 15) is 4.79 Å². The van der Waals surface area contributed by atoms with E-state index in [1.165, 1.54) is 0 Å². The van der Waals surface area contributed by atoms with Gasteiger partial charge in [0.1, 0.15) is 0 Å². The number of amides is 1. The zero-order valence-corrected chi connectivity index (χ0v) is 12.2. The molecule has 1 amide bonds. The van der Waals surface area contributed by atoms with Crippen LogP contribution in [0.15, 0.2) is 0 Å². The van der Waals surface area contributed by atoms with Crippen molar-refractivity contribution < 1.29 is 9.53 Å². The van der Waals surface area contributed by atoms with Crippen molar-refractivity contribution in [2.45, 2.75) is 44.2 Å². The molecule has 0 spiro atoms. The molecule has 1 saturated heterocycles. The van der Waals surface area contributed by atoms with Crippen LogP contribution in [-0.4, -0.2) is 50.2 Å². The van der Waals surface area contributed by atoms with Crippen LogP contribution in [0.25, 0.3) is 0 Å². The van der Waals surface area contributed by atoms with Gasteiger partial charge in [-0.1, -0.05) is 0 Å². The molecule has 0 aromatic carbocycles. The van der Waals surface area contributed by atoms with Crippen LogP contribution in [-0.2, 0) is 9.53 Å². The minimum atomic E-state index is 0. The minimum absolute atomic E-state index is 0. The molecule has 1 heterocycles. The SMILES string of the molecule is COC1CCC(N(C)C(=O)C2CCNC2)CC1.Cl. The summed E-state index contributed by atoms with van der Waals surface area (Å²) < 4.78 is 5.37. The third kappa shape index (κ3) is 3.59. The quantitative estimate of drug-likeness (QED) is 0.848. The molecular formula is C13H25ClN2O2. The maximum atomic E-state index is 12.3. The van der Waals surface area contributed by atoms with Gasteiger partial charge in [0.25, 0.3) is 0 Å². The molecule has 1 aliphatic heterocycles. The third-order valence-electron chi connectivity index (χ3n) is 4.28. The van der Waals surface area contributed by atoms with Gasteiger partial charge in [0.2, 0.25) is 5.91 Å². The first-order valence-corrected chi connectivity index (χ1v) is 6.72. The molecule has 1 N–H and O–H groups in total. The minimum Gasteiger partial charge on any atom is -0.381 e. The normalized spacial score (nSPS) is 31.8. The summed E-state index contributed by atoms with van der Waals surface area (Å²) in [5, 5.41) is 3.26. The Morgan fingerprint density at radius 1 is 1.22 bits per heavy atom. The van der Waals surface area contributed by atoms with Crippen LogP contribution < -0.4 is 5.32 Å². The second kappa shape index (κ2) is 7.31. The summed E-state index contributed by atoms with van der Waals surface area (Å²) in [7, 11) is 3.75. The number of ether oxygens (including phenoxy) is 1. The average Bonchev–Trinajstić information content (AvgIpc) is 2.91. The Bertz CT molecular complexity index is 262. The Kier molecular flexibility index (Phi) is 6.39. The second-order valence-corrected chi connectivity index (χ2v) is 5.31. The van der Waals surface area contributed by atoms with Crippen LogP contribution in [0.3, 0.4) is 0 Å². The van der Waals surface area contributed by atoms with E-state index >= 15 is 0 Å². The van der Waals surface area contributed by atoms with E-state index in [0.717, 1.165) is 45.2 Å². The fraction of sp³-hybridized carbons (Fsp3) is 0.923. The number of halogens is 1.